The minimum atomic E-state index is -0.112. The number of hydrogen-bond acceptors (Lipinski definition) is 3. The maximum Gasteiger partial charge on any atom is 0.0690 e. The molecule has 0 bridgehead atoms. The molecule has 0 heterocycles. The molecule has 1 fully saturated rings. The van der Waals surface area contributed by atoms with E-state index in [0.29, 0.717) is 12.5 Å². The molecule has 3 nitrogen and oxygen atoms in total. The van der Waals surface area contributed by atoms with Crippen molar-refractivity contribution in [3.05, 3.63) is 0 Å². The molecule has 0 spiro atoms. The third-order valence-electron chi connectivity index (χ3n) is 3.69. The summed E-state index contributed by atoms with van der Waals surface area (Å²) in [6.45, 7) is 4.46. The largest absolute Gasteiger partial charge is 0.385 e. The highest BCUT2D eigenvalue weighted by Crippen LogP contribution is 2.41. The fourth-order valence-corrected chi connectivity index (χ4v) is 2.72. The van der Waals surface area contributed by atoms with Gasteiger partial charge in [-0.1, -0.05) is 19.8 Å². The Morgan fingerprint density at radius 3 is 2.82 bits per heavy atom. The van der Waals surface area contributed by atoms with Gasteiger partial charge in [-0.3, -0.25) is 0 Å². The molecule has 0 aromatic rings. The summed E-state index contributed by atoms with van der Waals surface area (Å²) >= 11 is 0. The highest BCUT2D eigenvalue weighted by atomic mass is 16.5. The summed E-state index contributed by atoms with van der Waals surface area (Å²) < 4.78 is 10.5. The molecule has 0 aromatic heterocycles. The summed E-state index contributed by atoms with van der Waals surface area (Å²) in [5, 5.41) is 9.37. The van der Waals surface area contributed by atoms with E-state index in [0.717, 1.165) is 38.9 Å². The van der Waals surface area contributed by atoms with Gasteiger partial charge in [0.2, 0.25) is 0 Å². The maximum atomic E-state index is 9.37. The summed E-state index contributed by atoms with van der Waals surface area (Å²) in [5.74, 6) is 0.692. The van der Waals surface area contributed by atoms with E-state index >= 15 is 0 Å². The predicted molar refractivity (Wildman–Crippen MR) is 67.6 cm³/mol. The molecule has 1 aliphatic carbocycles. The Hall–Kier alpha value is -0.590. The first-order valence-corrected chi connectivity index (χ1v) is 6.70. The van der Waals surface area contributed by atoms with Gasteiger partial charge in [0.25, 0.3) is 0 Å². The molecular weight excluding hydrogens is 214 g/mol. The van der Waals surface area contributed by atoms with Crippen molar-refractivity contribution in [2.45, 2.75) is 45.4 Å². The van der Waals surface area contributed by atoms with Crippen molar-refractivity contribution in [3.8, 4) is 6.07 Å². The first-order valence-electron chi connectivity index (χ1n) is 6.70. The molecule has 0 aliphatic heterocycles. The molecule has 2 atom stereocenters. The van der Waals surface area contributed by atoms with E-state index in [1.54, 1.807) is 7.11 Å². The molecule has 1 aliphatic rings. The van der Waals surface area contributed by atoms with E-state index in [4.69, 9.17) is 9.47 Å². The summed E-state index contributed by atoms with van der Waals surface area (Å²) in [6, 6.07) is 2.55. The van der Waals surface area contributed by atoms with E-state index in [2.05, 4.69) is 13.0 Å². The highest BCUT2D eigenvalue weighted by molar-refractivity contribution is 5.01. The minimum absolute atomic E-state index is 0.112. The Morgan fingerprint density at radius 2 is 2.18 bits per heavy atom. The molecule has 98 valence electrons. The first kappa shape index (κ1) is 14.5. The van der Waals surface area contributed by atoms with E-state index in [-0.39, 0.29) is 5.41 Å². The van der Waals surface area contributed by atoms with Crippen LogP contribution in [0.25, 0.3) is 0 Å². The lowest BCUT2D eigenvalue weighted by atomic mass is 9.69. The van der Waals surface area contributed by atoms with Crippen LogP contribution in [0.15, 0.2) is 0 Å². The highest BCUT2D eigenvalue weighted by Gasteiger charge is 2.34. The summed E-state index contributed by atoms with van der Waals surface area (Å²) in [7, 11) is 1.70. The molecule has 3 heteroatoms. The molecular formula is C14H25NO2. The molecule has 1 saturated carbocycles. The van der Waals surface area contributed by atoms with Gasteiger partial charge in [0, 0.05) is 26.9 Å². The smallest absolute Gasteiger partial charge is 0.0690 e. The van der Waals surface area contributed by atoms with Crippen molar-refractivity contribution in [2.24, 2.45) is 11.3 Å². The average Bonchev–Trinajstić information content (AvgIpc) is 2.34. The zero-order valence-corrected chi connectivity index (χ0v) is 11.2. The van der Waals surface area contributed by atoms with Gasteiger partial charge in [-0.15, -0.1) is 0 Å². The standard InChI is InChI=1S/C14H25NO2/c1-13-5-3-6-14(11-13,12-15)7-10-17-9-4-8-16-2/h13H,3-11H2,1-2H3. The second-order valence-electron chi connectivity index (χ2n) is 5.30. The monoisotopic (exact) mass is 239 g/mol. The number of hydrogen-bond donors (Lipinski definition) is 0. The quantitative estimate of drug-likeness (QED) is 0.641. The number of methoxy groups -OCH3 is 1. The molecule has 0 amide bonds. The average molecular weight is 239 g/mol. The van der Waals surface area contributed by atoms with Crippen molar-refractivity contribution in [2.75, 3.05) is 26.9 Å². The molecule has 2 unspecified atom stereocenters. The van der Waals surface area contributed by atoms with Gasteiger partial charge >= 0.3 is 0 Å². The first-order chi connectivity index (χ1) is 8.22. The van der Waals surface area contributed by atoms with Crippen LogP contribution in [0.2, 0.25) is 0 Å². The van der Waals surface area contributed by atoms with Gasteiger partial charge in [-0.2, -0.15) is 5.26 Å². The lowest BCUT2D eigenvalue weighted by molar-refractivity contribution is 0.0729. The topological polar surface area (TPSA) is 42.2 Å². The third-order valence-corrected chi connectivity index (χ3v) is 3.69. The number of nitrogens with zero attached hydrogens (tertiary/aromatic N) is 1. The van der Waals surface area contributed by atoms with E-state index in [9.17, 15) is 5.26 Å². The van der Waals surface area contributed by atoms with Gasteiger partial charge in [0.05, 0.1) is 11.5 Å². The Bertz CT molecular complexity index is 249. The molecule has 0 saturated heterocycles. The molecule has 17 heavy (non-hydrogen) atoms. The normalized spacial score (nSPS) is 28.9. The predicted octanol–water partition coefficient (Wildman–Crippen LogP) is 3.15. The molecule has 0 N–H and O–H groups in total. The number of ether oxygens (including phenoxy) is 2. The Kier molecular flexibility index (Phi) is 6.54. The maximum absolute atomic E-state index is 9.37. The third kappa shape index (κ3) is 5.06. The van der Waals surface area contributed by atoms with Crippen LogP contribution in [0.1, 0.15) is 45.4 Å². The fourth-order valence-electron chi connectivity index (χ4n) is 2.72. The zero-order chi connectivity index (χ0) is 12.6. The minimum Gasteiger partial charge on any atom is -0.385 e. The van der Waals surface area contributed by atoms with Crippen LogP contribution in [-0.4, -0.2) is 26.9 Å². The summed E-state index contributed by atoms with van der Waals surface area (Å²) in [4.78, 5) is 0. The summed E-state index contributed by atoms with van der Waals surface area (Å²) in [6.07, 6.45) is 6.39. The second kappa shape index (κ2) is 7.68. The SMILES string of the molecule is COCCCOCCC1(C#N)CCCC(C)C1. The van der Waals surface area contributed by atoms with Crippen LogP contribution in [0, 0.1) is 22.7 Å². The number of rotatable bonds is 7. The van der Waals surface area contributed by atoms with Crippen LogP contribution in [0.3, 0.4) is 0 Å². The van der Waals surface area contributed by atoms with Gasteiger partial charge in [0.15, 0.2) is 0 Å². The van der Waals surface area contributed by atoms with Crippen molar-refractivity contribution >= 4 is 0 Å². The van der Waals surface area contributed by atoms with Crippen molar-refractivity contribution in [1.82, 2.24) is 0 Å². The van der Waals surface area contributed by atoms with Gasteiger partial charge in [-0.25, -0.2) is 0 Å². The number of nitriles is 1. The van der Waals surface area contributed by atoms with E-state index < -0.39 is 0 Å². The van der Waals surface area contributed by atoms with E-state index in [1.807, 2.05) is 0 Å². The van der Waals surface area contributed by atoms with Crippen molar-refractivity contribution < 1.29 is 9.47 Å². The van der Waals surface area contributed by atoms with Gasteiger partial charge < -0.3 is 9.47 Å². The molecule has 1 rings (SSSR count). The van der Waals surface area contributed by atoms with Gasteiger partial charge in [-0.05, 0) is 31.6 Å². The van der Waals surface area contributed by atoms with Crippen LogP contribution >= 0.6 is 0 Å². The van der Waals surface area contributed by atoms with Crippen LogP contribution < -0.4 is 0 Å². The molecule has 0 radical (unpaired) electrons. The summed E-state index contributed by atoms with van der Waals surface area (Å²) in [5.41, 5.74) is -0.112. The van der Waals surface area contributed by atoms with Gasteiger partial charge in [0.1, 0.15) is 0 Å². The Balaban J connectivity index is 2.20. The Morgan fingerprint density at radius 1 is 1.35 bits per heavy atom. The lowest BCUT2D eigenvalue weighted by Gasteiger charge is -2.34. The van der Waals surface area contributed by atoms with Crippen LogP contribution in [-0.2, 0) is 9.47 Å². The van der Waals surface area contributed by atoms with Crippen LogP contribution in [0.4, 0.5) is 0 Å². The van der Waals surface area contributed by atoms with Crippen LogP contribution in [0.5, 0.6) is 0 Å². The lowest BCUT2D eigenvalue weighted by Crippen LogP contribution is -2.27. The molecule has 0 aromatic carbocycles. The van der Waals surface area contributed by atoms with E-state index in [1.165, 1.54) is 12.8 Å². The second-order valence-corrected chi connectivity index (χ2v) is 5.30. The van der Waals surface area contributed by atoms with Crippen molar-refractivity contribution in [1.29, 1.82) is 5.26 Å². The van der Waals surface area contributed by atoms with Crippen molar-refractivity contribution in [3.63, 3.8) is 0 Å². The fraction of sp³-hybridized carbons (Fsp3) is 0.929. The Labute approximate surface area is 105 Å². The zero-order valence-electron chi connectivity index (χ0n) is 11.2.